The summed E-state index contributed by atoms with van der Waals surface area (Å²) in [7, 11) is 0. The fraction of sp³-hybridized carbons (Fsp3) is 0.385. The first-order valence-electron chi connectivity index (χ1n) is 22.6. The molecule has 0 saturated heterocycles. The number of benzene rings is 2. The summed E-state index contributed by atoms with van der Waals surface area (Å²) in [6, 6.07) is 18.3. The lowest BCUT2D eigenvalue weighted by Gasteiger charge is -2.10. The maximum absolute atomic E-state index is 11.9. The topological polar surface area (TPSA) is 144 Å². The SMILES string of the molecule is CCCCC1=C(C)c2nc1cc1[nH]c(c(C)c1CCCC)c(-c1ccc([N+](=O)[O-])cc1)c1[nH]c(cc3nc(c2-c2ccc([N+](=O)[O-])cc2)C(C)=C3CCCC)c(CCCC)c1C. The van der Waals surface area contributed by atoms with E-state index >= 15 is 0 Å². The summed E-state index contributed by atoms with van der Waals surface area (Å²) in [4.78, 5) is 42.0. The molecule has 10 heteroatoms. The van der Waals surface area contributed by atoms with Gasteiger partial charge in [0, 0.05) is 46.4 Å². The van der Waals surface area contributed by atoms with Crippen molar-refractivity contribution in [2.45, 2.75) is 132 Å². The van der Waals surface area contributed by atoms with E-state index in [2.05, 4.69) is 77.5 Å². The van der Waals surface area contributed by atoms with Gasteiger partial charge in [-0.25, -0.2) is 9.97 Å². The molecule has 62 heavy (non-hydrogen) atoms. The van der Waals surface area contributed by atoms with Crippen LogP contribution in [-0.4, -0.2) is 29.8 Å². The summed E-state index contributed by atoms with van der Waals surface area (Å²) in [6.07, 6.45) is 11.6. The average molecular weight is 833 g/mol. The second kappa shape index (κ2) is 18.8. The molecule has 0 atom stereocenters. The number of aromatic amines is 2. The minimum absolute atomic E-state index is 0.0391. The van der Waals surface area contributed by atoms with Gasteiger partial charge in [-0.05, 0) is 171 Å². The fourth-order valence-corrected chi connectivity index (χ4v) is 9.26. The summed E-state index contributed by atoms with van der Waals surface area (Å²) < 4.78 is 0. The van der Waals surface area contributed by atoms with Gasteiger partial charge in [0.1, 0.15) is 0 Å². The van der Waals surface area contributed by atoms with Crippen LogP contribution < -0.4 is 0 Å². The number of nitro benzene ring substituents is 2. The van der Waals surface area contributed by atoms with E-state index in [0.717, 1.165) is 166 Å². The highest BCUT2D eigenvalue weighted by Gasteiger charge is 2.28. The van der Waals surface area contributed by atoms with Crippen molar-refractivity contribution in [2.75, 3.05) is 0 Å². The Labute approximate surface area is 365 Å². The quantitative estimate of drug-likeness (QED) is 0.0748. The van der Waals surface area contributed by atoms with Crippen LogP contribution in [-0.2, 0) is 12.8 Å². The summed E-state index contributed by atoms with van der Waals surface area (Å²) in [6.45, 7) is 17.6. The molecule has 0 aliphatic carbocycles. The van der Waals surface area contributed by atoms with Crippen molar-refractivity contribution in [3.63, 3.8) is 0 Å². The number of non-ortho nitro benzene ring substituents is 2. The maximum Gasteiger partial charge on any atom is 0.269 e. The predicted molar refractivity (Wildman–Crippen MR) is 256 cm³/mol. The van der Waals surface area contributed by atoms with Gasteiger partial charge in [-0.2, -0.15) is 0 Å². The predicted octanol–water partition coefficient (Wildman–Crippen LogP) is 15.0. The highest BCUT2D eigenvalue weighted by molar-refractivity contribution is 6.03. The van der Waals surface area contributed by atoms with E-state index < -0.39 is 0 Å². The molecule has 2 aliphatic rings. The van der Waals surface area contributed by atoms with Gasteiger partial charge in [0.05, 0.1) is 43.7 Å². The zero-order chi connectivity index (χ0) is 44.2. The summed E-state index contributed by atoms with van der Waals surface area (Å²) >= 11 is 0. The van der Waals surface area contributed by atoms with Crippen LogP contribution in [0.15, 0.2) is 60.7 Å². The Balaban J connectivity index is 1.74. The molecule has 8 bridgehead atoms. The molecule has 2 N–H and O–H groups in total. The van der Waals surface area contributed by atoms with Crippen molar-refractivity contribution >= 4 is 55.7 Å². The monoisotopic (exact) mass is 832 g/mol. The van der Waals surface area contributed by atoms with Gasteiger partial charge in [-0.3, -0.25) is 20.2 Å². The number of rotatable bonds is 16. The molecule has 10 nitrogen and oxygen atoms in total. The number of hydrogen-bond donors (Lipinski definition) is 2. The van der Waals surface area contributed by atoms with Gasteiger partial charge in [-0.1, -0.05) is 53.4 Å². The molecule has 2 aliphatic heterocycles. The van der Waals surface area contributed by atoms with Crippen molar-refractivity contribution in [3.05, 3.63) is 126 Å². The van der Waals surface area contributed by atoms with Crippen LogP contribution in [0.4, 0.5) is 11.4 Å². The van der Waals surface area contributed by atoms with Gasteiger partial charge in [0.25, 0.3) is 11.4 Å². The lowest BCUT2D eigenvalue weighted by molar-refractivity contribution is -0.385. The van der Waals surface area contributed by atoms with E-state index in [-0.39, 0.29) is 21.2 Å². The molecule has 7 rings (SSSR count). The molecule has 5 aromatic rings. The number of unbranched alkanes of at least 4 members (excludes halogenated alkanes) is 4. The Kier molecular flexibility index (Phi) is 13.3. The Bertz CT molecular complexity index is 2640. The van der Waals surface area contributed by atoms with Crippen LogP contribution in [0.5, 0.6) is 0 Å². The third-order valence-corrected chi connectivity index (χ3v) is 12.9. The van der Waals surface area contributed by atoms with E-state index in [1.165, 1.54) is 22.3 Å². The molecule has 0 radical (unpaired) electrons. The molecule has 3 aromatic heterocycles. The van der Waals surface area contributed by atoms with Gasteiger partial charge in [0.15, 0.2) is 0 Å². The van der Waals surface area contributed by atoms with E-state index in [9.17, 15) is 20.2 Å². The van der Waals surface area contributed by atoms with Crippen LogP contribution in [0.25, 0.3) is 66.6 Å². The van der Waals surface area contributed by atoms with E-state index in [4.69, 9.17) is 9.97 Å². The molecule has 0 fully saturated rings. The summed E-state index contributed by atoms with van der Waals surface area (Å²) in [5.41, 5.74) is 20.4. The molecular weight excluding hydrogens is 773 g/mol. The molecule has 322 valence electrons. The molecule has 2 aromatic carbocycles. The summed E-state index contributed by atoms with van der Waals surface area (Å²) in [5, 5.41) is 23.7. The molecule has 0 saturated carbocycles. The number of nitro groups is 2. The van der Waals surface area contributed by atoms with Crippen molar-refractivity contribution in [1.82, 2.24) is 19.9 Å². The van der Waals surface area contributed by atoms with E-state index in [0.29, 0.717) is 0 Å². The highest BCUT2D eigenvalue weighted by atomic mass is 16.6. The van der Waals surface area contributed by atoms with Crippen molar-refractivity contribution < 1.29 is 9.85 Å². The number of aromatic nitrogens is 4. The first-order valence-corrected chi connectivity index (χ1v) is 22.6. The van der Waals surface area contributed by atoms with Crippen LogP contribution >= 0.6 is 0 Å². The average Bonchev–Trinajstić information content (AvgIpc) is 3.94. The van der Waals surface area contributed by atoms with Gasteiger partial charge >= 0.3 is 0 Å². The number of aryl methyl sites for hydroxylation is 4. The second-order valence-corrected chi connectivity index (χ2v) is 17.0. The molecular formula is C52H60N6O4. The van der Waals surface area contributed by atoms with Crippen LogP contribution in [0.2, 0.25) is 0 Å². The normalized spacial score (nSPS) is 12.8. The molecule has 0 amide bonds. The third kappa shape index (κ3) is 8.39. The minimum atomic E-state index is -0.354. The van der Waals surface area contributed by atoms with Crippen LogP contribution in [0.3, 0.4) is 0 Å². The van der Waals surface area contributed by atoms with Crippen molar-refractivity contribution in [2.24, 2.45) is 0 Å². The van der Waals surface area contributed by atoms with Crippen molar-refractivity contribution in [1.29, 1.82) is 0 Å². The molecule has 0 spiro atoms. The Hall–Kier alpha value is -6.16. The number of allylic oxidation sites excluding steroid dienone is 4. The zero-order valence-electron chi connectivity index (χ0n) is 37.7. The van der Waals surface area contributed by atoms with Gasteiger partial charge < -0.3 is 9.97 Å². The third-order valence-electron chi connectivity index (χ3n) is 12.9. The second-order valence-electron chi connectivity index (χ2n) is 17.0. The first kappa shape index (κ1) is 43.9. The lowest BCUT2D eigenvalue weighted by Crippen LogP contribution is -1.94. The zero-order valence-corrected chi connectivity index (χ0v) is 37.7. The smallest absolute Gasteiger partial charge is 0.269 e. The highest BCUT2D eigenvalue weighted by Crippen LogP contribution is 2.45. The Morgan fingerprint density at radius 1 is 0.516 bits per heavy atom. The lowest BCUT2D eigenvalue weighted by atomic mass is 9.92. The van der Waals surface area contributed by atoms with Crippen LogP contribution in [0, 0.1) is 34.1 Å². The number of H-pyrrole nitrogens is 2. The fourth-order valence-electron chi connectivity index (χ4n) is 9.26. The van der Waals surface area contributed by atoms with Gasteiger partial charge in [-0.15, -0.1) is 0 Å². The summed E-state index contributed by atoms with van der Waals surface area (Å²) in [5.74, 6) is 0. The van der Waals surface area contributed by atoms with Gasteiger partial charge in [0.2, 0.25) is 0 Å². The Morgan fingerprint density at radius 3 is 1.23 bits per heavy atom. The number of nitrogens with zero attached hydrogens (tertiary/aromatic N) is 4. The van der Waals surface area contributed by atoms with Crippen LogP contribution in [0.1, 0.15) is 151 Å². The largest absolute Gasteiger partial charge is 0.354 e. The van der Waals surface area contributed by atoms with E-state index in [1.807, 2.05) is 24.3 Å². The number of hydrogen-bond acceptors (Lipinski definition) is 6. The standard InChI is InChI=1S/C52H60N6O4/c1-9-13-17-39-31(5)49-47(35-21-25-37(26-22-35)57(59)60)50-33(7)41(19-15-11-3)45(55-50)30-46-42(20-16-12-4)34(8)52(56-46)48(36-23-27-38(28-24-36)58(61)62)51-32(6)40(18-14-10-2)44(54-51)29-43(39)53-49/h21-30,53,55H,9-20H2,1-8H3. The van der Waals surface area contributed by atoms with E-state index in [1.54, 1.807) is 24.3 Å². The number of fused-ring (bicyclic) bond motifs is 8. The maximum atomic E-state index is 11.9. The molecule has 0 unspecified atom stereocenters. The number of nitrogens with one attached hydrogen (secondary N) is 2. The Morgan fingerprint density at radius 2 is 0.871 bits per heavy atom. The van der Waals surface area contributed by atoms with Crippen molar-refractivity contribution in [3.8, 4) is 22.3 Å². The minimum Gasteiger partial charge on any atom is -0.354 e. The first-order chi connectivity index (χ1) is 29.9. The molecule has 5 heterocycles.